The molecule has 2 aromatic rings. The van der Waals surface area contributed by atoms with E-state index < -0.39 is 5.97 Å². The molecule has 0 aromatic heterocycles. The van der Waals surface area contributed by atoms with Gasteiger partial charge in [0.15, 0.2) is 0 Å². The summed E-state index contributed by atoms with van der Waals surface area (Å²) in [7, 11) is 0. The molecule has 0 spiro atoms. The predicted molar refractivity (Wildman–Crippen MR) is 91.7 cm³/mol. The molecule has 0 unspecified atom stereocenters. The lowest BCUT2D eigenvalue weighted by Crippen LogP contribution is -2.12. The van der Waals surface area contributed by atoms with E-state index in [9.17, 15) is 9.59 Å². The van der Waals surface area contributed by atoms with Crippen LogP contribution in [0.2, 0.25) is 5.02 Å². The molecule has 0 saturated carbocycles. The van der Waals surface area contributed by atoms with Gasteiger partial charge in [0.25, 0.3) is 0 Å². The van der Waals surface area contributed by atoms with Crippen molar-refractivity contribution in [1.29, 1.82) is 0 Å². The van der Waals surface area contributed by atoms with E-state index in [1.165, 1.54) is 0 Å². The number of carbonyl (C=O) groups excluding carboxylic acids is 1. The molecule has 0 saturated heterocycles. The van der Waals surface area contributed by atoms with E-state index in [2.05, 4.69) is 5.32 Å². The van der Waals surface area contributed by atoms with E-state index in [0.717, 1.165) is 16.7 Å². The number of carboxylic acids is 1. The van der Waals surface area contributed by atoms with Gasteiger partial charge in [-0.2, -0.15) is 0 Å². The molecule has 2 aromatic carbocycles. The second-order valence-electron chi connectivity index (χ2n) is 5.35. The summed E-state index contributed by atoms with van der Waals surface area (Å²) in [5.41, 5.74) is 3.66. The number of anilines is 1. The average molecular weight is 332 g/mol. The summed E-state index contributed by atoms with van der Waals surface area (Å²) in [5.74, 6) is -1.08. The first kappa shape index (κ1) is 17.0. The first-order chi connectivity index (χ1) is 11.0. The summed E-state index contributed by atoms with van der Waals surface area (Å²) in [6, 6.07) is 13.2. The van der Waals surface area contributed by atoms with Gasteiger partial charge in [-0.15, -0.1) is 0 Å². The van der Waals surface area contributed by atoms with Gasteiger partial charge in [0.05, 0.1) is 0 Å². The van der Waals surface area contributed by atoms with Gasteiger partial charge < -0.3 is 10.4 Å². The Bertz CT molecular complexity index is 711. The Kier molecular flexibility index (Phi) is 5.77. The SMILES string of the molecule is Cc1ccc(NC(=O)CCCC(=O)O)c(-c2ccc(Cl)cc2)c1. The number of aliphatic carboxylic acids is 1. The Balaban J connectivity index is 2.17. The van der Waals surface area contributed by atoms with Gasteiger partial charge >= 0.3 is 5.97 Å². The molecule has 0 radical (unpaired) electrons. The number of amides is 1. The van der Waals surface area contributed by atoms with Gasteiger partial charge in [0.1, 0.15) is 0 Å². The minimum absolute atomic E-state index is 0.00857. The number of nitrogens with one attached hydrogen (secondary N) is 1. The van der Waals surface area contributed by atoms with Gasteiger partial charge in [0.2, 0.25) is 5.91 Å². The number of benzene rings is 2. The molecule has 0 aliphatic heterocycles. The Morgan fingerprint density at radius 2 is 1.78 bits per heavy atom. The van der Waals surface area contributed by atoms with E-state index in [4.69, 9.17) is 16.7 Å². The molecule has 0 bridgehead atoms. The molecule has 0 atom stereocenters. The predicted octanol–water partition coefficient (Wildman–Crippen LogP) is 4.51. The van der Waals surface area contributed by atoms with E-state index in [1.807, 2.05) is 37.3 Å². The van der Waals surface area contributed by atoms with Crippen molar-refractivity contribution in [1.82, 2.24) is 0 Å². The molecule has 0 aliphatic rings. The van der Waals surface area contributed by atoms with Crippen molar-refractivity contribution >= 4 is 29.2 Å². The van der Waals surface area contributed by atoms with Crippen molar-refractivity contribution in [3.05, 3.63) is 53.1 Å². The van der Waals surface area contributed by atoms with E-state index >= 15 is 0 Å². The zero-order chi connectivity index (χ0) is 16.8. The molecule has 23 heavy (non-hydrogen) atoms. The highest BCUT2D eigenvalue weighted by molar-refractivity contribution is 6.30. The molecule has 4 nitrogen and oxygen atoms in total. The molecule has 120 valence electrons. The lowest BCUT2D eigenvalue weighted by molar-refractivity contribution is -0.137. The second-order valence-corrected chi connectivity index (χ2v) is 5.79. The largest absolute Gasteiger partial charge is 0.481 e. The Morgan fingerprint density at radius 1 is 1.09 bits per heavy atom. The van der Waals surface area contributed by atoms with Crippen LogP contribution in [0.5, 0.6) is 0 Å². The van der Waals surface area contributed by atoms with Crippen LogP contribution in [-0.4, -0.2) is 17.0 Å². The Hall–Kier alpha value is -2.33. The molecule has 2 N–H and O–H groups in total. The topological polar surface area (TPSA) is 66.4 Å². The van der Waals surface area contributed by atoms with Crippen LogP contribution in [-0.2, 0) is 9.59 Å². The van der Waals surface area contributed by atoms with Crippen LogP contribution in [0.15, 0.2) is 42.5 Å². The third kappa shape index (κ3) is 5.11. The average Bonchev–Trinajstić information content (AvgIpc) is 2.49. The first-order valence-corrected chi connectivity index (χ1v) is 7.72. The van der Waals surface area contributed by atoms with Crippen LogP contribution in [0.25, 0.3) is 11.1 Å². The molecule has 1 amide bonds. The second kappa shape index (κ2) is 7.79. The molecule has 0 fully saturated rings. The number of carbonyl (C=O) groups is 2. The molecule has 0 heterocycles. The lowest BCUT2D eigenvalue weighted by atomic mass is 10.0. The normalized spacial score (nSPS) is 10.3. The monoisotopic (exact) mass is 331 g/mol. The van der Waals surface area contributed by atoms with E-state index in [1.54, 1.807) is 12.1 Å². The van der Waals surface area contributed by atoms with Crippen molar-refractivity contribution in [2.45, 2.75) is 26.2 Å². The van der Waals surface area contributed by atoms with Crippen LogP contribution in [0.3, 0.4) is 0 Å². The smallest absolute Gasteiger partial charge is 0.303 e. The van der Waals surface area contributed by atoms with Crippen molar-refractivity contribution in [3.8, 4) is 11.1 Å². The number of hydrogen-bond donors (Lipinski definition) is 2. The fourth-order valence-corrected chi connectivity index (χ4v) is 2.37. The third-order valence-corrected chi connectivity index (χ3v) is 3.65. The summed E-state index contributed by atoms with van der Waals surface area (Å²) in [5, 5.41) is 12.1. The van der Waals surface area contributed by atoms with Gasteiger partial charge in [-0.25, -0.2) is 0 Å². The maximum absolute atomic E-state index is 12.0. The zero-order valence-electron chi connectivity index (χ0n) is 12.8. The van der Waals surface area contributed by atoms with Crippen molar-refractivity contribution in [3.63, 3.8) is 0 Å². The fraction of sp³-hybridized carbons (Fsp3) is 0.222. The Morgan fingerprint density at radius 3 is 2.43 bits per heavy atom. The number of rotatable bonds is 6. The number of aryl methyl sites for hydroxylation is 1. The van der Waals surface area contributed by atoms with Crippen LogP contribution < -0.4 is 5.32 Å². The van der Waals surface area contributed by atoms with Crippen molar-refractivity contribution in [2.75, 3.05) is 5.32 Å². The van der Waals surface area contributed by atoms with Crippen LogP contribution >= 0.6 is 11.6 Å². The standard InChI is InChI=1S/C18H18ClNO3/c1-12-5-10-16(20-17(21)3-2-4-18(22)23)15(11-12)13-6-8-14(19)9-7-13/h5-11H,2-4H2,1H3,(H,20,21)(H,22,23). The summed E-state index contributed by atoms with van der Waals surface area (Å²) in [6.07, 6.45) is 0.495. The minimum atomic E-state index is -0.894. The van der Waals surface area contributed by atoms with Gasteiger partial charge in [0, 0.05) is 29.1 Å². The number of carboxylic acid groups (broad SMARTS) is 1. The quantitative estimate of drug-likeness (QED) is 0.818. The molecular weight excluding hydrogens is 314 g/mol. The third-order valence-electron chi connectivity index (χ3n) is 3.40. The van der Waals surface area contributed by atoms with Gasteiger partial charge in [-0.05, 0) is 43.2 Å². The van der Waals surface area contributed by atoms with Gasteiger partial charge in [-0.1, -0.05) is 35.4 Å². The van der Waals surface area contributed by atoms with Crippen LogP contribution in [0.1, 0.15) is 24.8 Å². The summed E-state index contributed by atoms with van der Waals surface area (Å²) >= 11 is 5.92. The number of hydrogen-bond acceptors (Lipinski definition) is 2. The van der Waals surface area contributed by atoms with E-state index in [-0.39, 0.29) is 18.7 Å². The highest BCUT2D eigenvalue weighted by Gasteiger charge is 2.10. The molecule has 5 heteroatoms. The van der Waals surface area contributed by atoms with Gasteiger partial charge in [-0.3, -0.25) is 9.59 Å². The maximum Gasteiger partial charge on any atom is 0.303 e. The van der Waals surface area contributed by atoms with E-state index in [0.29, 0.717) is 17.1 Å². The maximum atomic E-state index is 12.0. The molecule has 0 aliphatic carbocycles. The summed E-state index contributed by atoms with van der Waals surface area (Å²) in [6.45, 7) is 1.98. The van der Waals surface area contributed by atoms with Crippen molar-refractivity contribution < 1.29 is 14.7 Å². The Labute approximate surface area is 140 Å². The highest BCUT2D eigenvalue weighted by atomic mass is 35.5. The molecular formula is C18H18ClNO3. The minimum Gasteiger partial charge on any atom is -0.481 e. The zero-order valence-corrected chi connectivity index (χ0v) is 13.6. The summed E-state index contributed by atoms with van der Waals surface area (Å²) < 4.78 is 0. The summed E-state index contributed by atoms with van der Waals surface area (Å²) in [4.78, 5) is 22.5. The lowest BCUT2D eigenvalue weighted by Gasteiger charge is -2.12. The van der Waals surface area contributed by atoms with Crippen molar-refractivity contribution in [2.24, 2.45) is 0 Å². The molecule has 2 rings (SSSR count). The first-order valence-electron chi connectivity index (χ1n) is 7.34. The van der Waals surface area contributed by atoms with Crippen LogP contribution in [0, 0.1) is 6.92 Å². The number of halogens is 1. The van der Waals surface area contributed by atoms with Crippen LogP contribution in [0.4, 0.5) is 5.69 Å². The highest BCUT2D eigenvalue weighted by Crippen LogP contribution is 2.30. The fourth-order valence-electron chi connectivity index (χ4n) is 2.25.